The van der Waals surface area contributed by atoms with E-state index in [4.69, 9.17) is 5.73 Å². The van der Waals surface area contributed by atoms with Crippen molar-refractivity contribution in [3.05, 3.63) is 0 Å². The van der Waals surface area contributed by atoms with E-state index in [1.165, 1.54) is 12.8 Å². The molecule has 2 saturated heterocycles. The minimum atomic E-state index is 0.182. The van der Waals surface area contributed by atoms with Crippen molar-refractivity contribution in [1.29, 1.82) is 0 Å². The van der Waals surface area contributed by atoms with Crippen LogP contribution in [0.5, 0.6) is 0 Å². The quantitative estimate of drug-likeness (QED) is 0.820. The highest BCUT2D eigenvalue weighted by Gasteiger charge is 2.30. The lowest BCUT2D eigenvalue weighted by atomic mass is 10.0. The Labute approximate surface area is 110 Å². The second-order valence-corrected chi connectivity index (χ2v) is 5.89. The number of carbonyl (C=O) groups excluding carboxylic acids is 1. The minimum absolute atomic E-state index is 0.182. The molecule has 2 amide bonds. The topological polar surface area (TPSA) is 49.6 Å². The number of nitrogens with two attached hydrogens (primary N) is 1. The van der Waals surface area contributed by atoms with E-state index in [9.17, 15) is 4.79 Å². The Morgan fingerprint density at radius 1 is 1.17 bits per heavy atom. The summed E-state index contributed by atoms with van der Waals surface area (Å²) in [5, 5.41) is 0. The Kier molecular flexibility index (Phi) is 4.87. The average Bonchev–Trinajstić information content (AvgIpc) is 2.76. The van der Waals surface area contributed by atoms with Crippen LogP contribution < -0.4 is 5.73 Å². The largest absolute Gasteiger partial charge is 0.328 e. The molecule has 2 rings (SSSR count). The molecule has 0 aromatic heterocycles. The second kappa shape index (κ2) is 6.41. The number of carbonyl (C=O) groups is 1. The van der Waals surface area contributed by atoms with Crippen LogP contribution in [0.3, 0.4) is 0 Å². The third-order valence-corrected chi connectivity index (χ3v) is 4.14. The van der Waals surface area contributed by atoms with Gasteiger partial charge in [0.2, 0.25) is 0 Å². The lowest BCUT2D eigenvalue weighted by molar-refractivity contribution is 0.137. The van der Waals surface area contributed by atoms with Gasteiger partial charge in [-0.25, -0.2) is 4.79 Å². The van der Waals surface area contributed by atoms with Crippen molar-refractivity contribution in [1.82, 2.24) is 9.80 Å². The molecule has 2 N–H and O–H groups in total. The van der Waals surface area contributed by atoms with E-state index in [0.29, 0.717) is 6.04 Å². The highest BCUT2D eigenvalue weighted by atomic mass is 16.2. The average molecular weight is 253 g/mol. The molecule has 0 spiro atoms. The normalized spacial score (nSPS) is 27.1. The van der Waals surface area contributed by atoms with Crippen LogP contribution >= 0.6 is 0 Å². The van der Waals surface area contributed by atoms with Gasteiger partial charge in [0.15, 0.2) is 0 Å². The van der Waals surface area contributed by atoms with Gasteiger partial charge in [0.1, 0.15) is 0 Å². The first kappa shape index (κ1) is 13.7. The fraction of sp³-hybridized carbons (Fsp3) is 0.929. The predicted molar refractivity (Wildman–Crippen MR) is 73.4 cm³/mol. The SMILES string of the molecule is CC(N)CC1CCCCCN1C(=O)N1CCCC1. The van der Waals surface area contributed by atoms with E-state index >= 15 is 0 Å². The zero-order chi connectivity index (χ0) is 13.0. The summed E-state index contributed by atoms with van der Waals surface area (Å²) in [7, 11) is 0. The number of likely N-dealkylation sites (tertiary alicyclic amines) is 2. The Balaban J connectivity index is 2.01. The zero-order valence-electron chi connectivity index (χ0n) is 11.6. The molecule has 18 heavy (non-hydrogen) atoms. The van der Waals surface area contributed by atoms with Crippen LogP contribution in [-0.4, -0.2) is 47.5 Å². The van der Waals surface area contributed by atoms with Gasteiger partial charge in [-0.1, -0.05) is 12.8 Å². The van der Waals surface area contributed by atoms with Gasteiger partial charge < -0.3 is 15.5 Å². The van der Waals surface area contributed by atoms with Gasteiger partial charge in [0, 0.05) is 31.7 Å². The molecule has 2 atom stereocenters. The van der Waals surface area contributed by atoms with Crippen molar-refractivity contribution in [2.75, 3.05) is 19.6 Å². The van der Waals surface area contributed by atoms with Gasteiger partial charge >= 0.3 is 6.03 Å². The van der Waals surface area contributed by atoms with E-state index in [0.717, 1.165) is 51.7 Å². The summed E-state index contributed by atoms with van der Waals surface area (Å²) in [5.41, 5.74) is 5.94. The summed E-state index contributed by atoms with van der Waals surface area (Å²) in [5.74, 6) is 0. The summed E-state index contributed by atoms with van der Waals surface area (Å²) in [6.07, 6.45) is 8.03. The van der Waals surface area contributed by atoms with Gasteiger partial charge in [-0.15, -0.1) is 0 Å². The molecule has 104 valence electrons. The maximum absolute atomic E-state index is 12.6. The lowest BCUT2D eigenvalue weighted by Crippen LogP contribution is -2.48. The van der Waals surface area contributed by atoms with Gasteiger partial charge in [-0.3, -0.25) is 0 Å². The third kappa shape index (κ3) is 3.37. The smallest absolute Gasteiger partial charge is 0.320 e. The lowest BCUT2D eigenvalue weighted by Gasteiger charge is -2.34. The summed E-state index contributed by atoms with van der Waals surface area (Å²) in [6, 6.07) is 0.808. The summed E-state index contributed by atoms with van der Waals surface area (Å²) in [6.45, 7) is 4.86. The van der Waals surface area contributed by atoms with Gasteiger partial charge in [0.05, 0.1) is 0 Å². The molecule has 0 radical (unpaired) electrons. The van der Waals surface area contributed by atoms with Crippen molar-refractivity contribution < 1.29 is 4.79 Å². The fourth-order valence-corrected chi connectivity index (χ4v) is 3.19. The van der Waals surface area contributed by atoms with Crippen molar-refractivity contribution in [3.63, 3.8) is 0 Å². The van der Waals surface area contributed by atoms with E-state index in [1.807, 2.05) is 11.8 Å². The Hall–Kier alpha value is -0.770. The fourth-order valence-electron chi connectivity index (χ4n) is 3.19. The standard InChI is InChI=1S/C14H27N3O/c1-12(15)11-13-7-3-2-4-10-17(13)14(18)16-8-5-6-9-16/h12-13H,2-11,15H2,1H3. The number of hydrogen-bond donors (Lipinski definition) is 1. The first-order valence-corrected chi connectivity index (χ1v) is 7.49. The summed E-state index contributed by atoms with van der Waals surface area (Å²) < 4.78 is 0. The van der Waals surface area contributed by atoms with E-state index in [1.54, 1.807) is 0 Å². The molecule has 0 saturated carbocycles. The first-order chi connectivity index (χ1) is 8.68. The molecule has 2 fully saturated rings. The van der Waals surface area contributed by atoms with Gasteiger partial charge in [-0.2, -0.15) is 0 Å². The molecule has 2 heterocycles. The molecule has 0 aromatic rings. The summed E-state index contributed by atoms with van der Waals surface area (Å²) >= 11 is 0. The number of nitrogens with zero attached hydrogens (tertiary/aromatic N) is 2. The Morgan fingerprint density at radius 3 is 2.50 bits per heavy atom. The Morgan fingerprint density at radius 2 is 1.83 bits per heavy atom. The molecule has 4 nitrogen and oxygen atoms in total. The monoisotopic (exact) mass is 253 g/mol. The van der Waals surface area contributed by atoms with Crippen LogP contribution in [0.25, 0.3) is 0 Å². The molecule has 0 aromatic carbocycles. The molecular weight excluding hydrogens is 226 g/mol. The van der Waals surface area contributed by atoms with Crippen LogP contribution in [0.1, 0.15) is 51.9 Å². The zero-order valence-corrected chi connectivity index (χ0v) is 11.6. The van der Waals surface area contributed by atoms with Crippen LogP contribution in [0, 0.1) is 0 Å². The number of amides is 2. The molecule has 0 bridgehead atoms. The van der Waals surface area contributed by atoms with Crippen molar-refractivity contribution in [2.45, 2.75) is 64.0 Å². The van der Waals surface area contributed by atoms with E-state index < -0.39 is 0 Å². The second-order valence-electron chi connectivity index (χ2n) is 5.89. The number of rotatable bonds is 2. The maximum Gasteiger partial charge on any atom is 0.320 e. The number of hydrogen-bond acceptors (Lipinski definition) is 2. The van der Waals surface area contributed by atoms with E-state index in [-0.39, 0.29) is 12.1 Å². The van der Waals surface area contributed by atoms with Crippen molar-refractivity contribution >= 4 is 6.03 Å². The van der Waals surface area contributed by atoms with Gasteiger partial charge in [0.25, 0.3) is 0 Å². The predicted octanol–water partition coefficient (Wildman–Crippen LogP) is 2.18. The third-order valence-electron chi connectivity index (χ3n) is 4.14. The molecule has 2 aliphatic heterocycles. The molecule has 2 unspecified atom stereocenters. The molecule has 4 heteroatoms. The van der Waals surface area contributed by atoms with Crippen molar-refractivity contribution in [3.8, 4) is 0 Å². The molecule has 0 aliphatic carbocycles. The van der Waals surface area contributed by atoms with Gasteiger partial charge in [-0.05, 0) is 39.0 Å². The molecular formula is C14H27N3O. The van der Waals surface area contributed by atoms with Crippen LogP contribution in [-0.2, 0) is 0 Å². The molecule has 2 aliphatic rings. The highest BCUT2D eigenvalue weighted by Crippen LogP contribution is 2.23. The minimum Gasteiger partial charge on any atom is -0.328 e. The Bertz CT molecular complexity index is 274. The van der Waals surface area contributed by atoms with E-state index in [2.05, 4.69) is 4.90 Å². The van der Waals surface area contributed by atoms with Crippen LogP contribution in [0.2, 0.25) is 0 Å². The van der Waals surface area contributed by atoms with Crippen LogP contribution in [0.15, 0.2) is 0 Å². The van der Waals surface area contributed by atoms with Crippen molar-refractivity contribution in [2.24, 2.45) is 5.73 Å². The summed E-state index contributed by atoms with van der Waals surface area (Å²) in [4.78, 5) is 16.7. The van der Waals surface area contributed by atoms with Crippen LogP contribution in [0.4, 0.5) is 4.79 Å². The number of urea groups is 1. The first-order valence-electron chi connectivity index (χ1n) is 7.49. The highest BCUT2D eigenvalue weighted by molar-refractivity contribution is 5.75. The maximum atomic E-state index is 12.6.